The summed E-state index contributed by atoms with van der Waals surface area (Å²) in [6.45, 7) is 2.21. The molecular formula is C5H11BO3. The van der Waals surface area contributed by atoms with Crippen molar-refractivity contribution in [3.8, 4) is 0 Å². The number of hydrogen-bond acceptors (Lipinski definition) is 3. The lowest BCUT2D eigenvalue weighted by Crippen LogP contribution is -2.08. The molecule has 0 heterocycles. The van der Waals surface area contributed by atoms with Gasteiger partial charge in [-0.1, -0.05) is 11.5 Å². The molecule has 0 aliphatic carbocycles. The van der Waals surface area contributed by atoms with Gasteiger partial charge in [0.15, 0.2) is 0 Å². The van der Waals surface area contributed by atoms with E-state index in [0.29, 0.717) is 6.61 Å². The fourth-order valence-electron chi connectivity index (χ4n) is 0.530. The van der Waals surface area contributed by atoms with Gasteiger partial charge >= 0.3 is 7.12 Å². The van der Waals surface area contributed by atoms with Crippen molar-refractivity contribution >= 4 is 7.12 Å². The molecule has 3 nitrogen and oxygen atoms in total. The molecule has 0 aliphatic rings. The lowest BCUT2D eigenvalue weighted by atomic mass is 9.89. The first-order valence-corrected chi connectivity index (χ1v) is 2.69. The molecule has 52 valence electrons. The molecule has 0 bridgehead atoms. The molecule has 0 aliphatic heterocycles. The van der Waals surface area contributed by atoms with Gasteiger partial charge in [-0.3, -0.25) is 0 Å². The van der Waals surface area contributed by atoms with Gasteiger partial charge in [-0.15, -0.1) is 0 Å². The van der Waals surface area contributed by atoms with Crippen molar-refractivity contribution in [2.75, 3.05) is 13.7 Å². The summed E-state index contributed by atoms with van der Waals surface area (Å²) in [4.78, 5) is 0. The highest BCUT2D eigenvalue weighted by molar-refractivity contribution is 6.47. The maximum atomic E-state index is 8.37. The fourth-order valence-corrected chi connectivity index (χ4v) is 0.530. The molecule has 2 N–H and O–H groups in total. The monoisotopic (exact) mass is 130 g/mol. The summed E-state index contributed by atoms with van der Waals surface area (Å²) >= 11 is 0. The largest absolute Gasteiger partial charge is 0.480 e. The molecule has 0 aromatic rings. The van der Waals surface area contributed by atoms with E-state index in [1.807, 2.05) is 0 Å². The Morgan fingerprint density at radius 2 is 2.22 bits per heavy atom. The van der Waals surface area contributed by atoms with Crippen LogP contribution in [0.15, 0.2) is 11.5 Å². The number of ether oxygens (including phenoxy) is 1. The number of methoxy groups -OCH3 is 1. The van der Waals surface area contributed by atoms with Crippen molar-refractivity contribution in [3.63, 3.8) is 0 Å². The Hall–Kier alpha value is -0.315. The SMILES string of the molecule is COC/C(C)=C\B(O)O. The lowest BCUT2D eigenvalue weighted by Gasteiger charge is -1.96. The zero-order valence-corrected chi connectivity index (χ0v) is 5.66. The van der Waals surface area contributed by atoms with Crippen molar-refractivity contribution < 1.29 is 14.8 Å². The molecule has 0 rings (SSSR count). The van der Waals surface area contributed by atoms with Crippen LogP contribution < -0.4 is 0 Å². The van der Waals surface area contributed by atoms with Gasteiger partial charge < -0.3 is 14.8 Å². The predicted molar refractivity (Wildman–Crippen MR) is 35.8 cm³/mol. The Balaban J connectivity index is 3.55. The van der Waals surface area contributed by atoms with Gasteiger partial charge in [-0.05, 0) is 6.92 Å². The average Bonchev–Trinajstić information content (AvgIpc) is 1.63. The highest BCUT2D eigenvalue weighted by Crippen LogP contribution is 1.91. The van der Waals surface area contributed by atoms with E-state index in [4.69, 9.17) is 14.8 Å². The van der Waals surface area contributed by atoms with Crippen LogP contribution in [0.1, 0.15) is 6.92 Å². The van der Waals surface area contributed by atoms with E-state index < -0.39 is 7.12 Å². The Bertz CT molecular complexity index is 100. The standard InChI is InChI=1S/C5H11BO3/c1-5(4-9-2)3-6(7)8/h3,7-8H,4H2,1-2H3/b5-3-. The van der Waals surface area contributed by atoms with Crippen LogP contribution in [0.3, 0.4) is 0 Å². The number of hydrogen-bond donors (Lipinski definition) is 2. The summed E-state index contributed by atoms with van der Waals surface area (Å²) < 4.78 is 4.71. The third-order valence-electron chi connectivity index (χ3n) is 0.806. The second-order valence-corrected chi connectivity index (χ2v) is 1.86. The van der Waals surface area contributed by atoms with Crippen molar-refractivity contribution in [3.05, 3.63) is 11.5 Å². The molecule has 4 heteroatoms. The van der Waals surface area contributed by atoms with Crippen LogP contribution in [0.5, 0.6) is 0 Å². The molecule has 0 atom stereocenters. The highest BCUT2D eigenvalue weighted by atomic mass is 16.5. The molecule has 0 amide bonds. The molecule has 9 heavy (non-hydrogen) atoms. The second-order valence-electron chi connectivity index (χ2n) is 1.86. The van der Waals surface area contributed by atoms with Crippen LogP contribution >= 0.6 is 0 Å². The van der Waals surface area contributed by atoms with Crippen LogP contribution in [0.25, 0.3) is 0 Å². The Morgan fingerprint density at radius 3 is 2.56 bits per heavy atom. The smallest absolute Gasteiger partial charge is 0.424 e. The van der Waals surface area contributed by atoms with E-state index in [9.17, 15) is 0 Å². The van der Waals surface area contributed by atoms with E-state index in [0.717, 1.165) is 5.57 Å². The van der Waals surface area contributed by atoms with Gasteiger partial charge in [0, 0.05) is 7.11 Å². The predicted octanol–water partition coefficient (Wildman–Crippen LogP) is -0.409. The molecule has 0 fully saturated rings. The fraction of sp³-hybridized carbons (Fsp3) is 0.600. The van der Waals surface area contributed by atoms with E-state index in [1.165, 1.54) is 5.98 Å². The molecule has 0 spiro atoms. The summed E-state index contributed by atoms with van der Waals surface area (Å²) in [7, 11) is 0.196. The Labute approximate surface area is 55.1 Å². The van der Waals surface area contributed by atoms with Gasteiger partial charge in [-0.25, -0.2) is 0 Å². The summed E-state index contributed by atoms with van der Waals surface area (Å²) in [6, 6.07) is 0. The van der Waals surface area contributed by atoms with Gasteiger partial charge in [0.2, 0.25) is 0 Å². The normalized spacial score (nSPS) is 11.8. The molecule has 0 aromatic heterocycles. The van der Waals surface area contributed by atoms with Crippen molar-refractivity contribution in [2.24, 2.45) is 0 Å². The van der Waals surface area contributed by atoms with Gasteiger partial charge in [0.25, 0.3) is 0 Å². The molecule has 0 aromatic carbocycles. The molecule has 0 radical (unpaired) electrons. The summed E-state index contributed by atoms with van der Waals surface area (Å²) in [5.41, 5.74) is 0.813. The lowest BCUT2D eigenvalue weighted by molar-refractivity contribution is 0.225. The highest BCUT2D eigenvalue weighted by Gasteiger charge is 2.00. The molecular weight excluding hydrogens is 119 g/mol. The zero-order chi connectivity index (χ0) is 7.28. The molecule has 0 saturated heterocycles. The first-order chi connectivity index (χ1) is 4.16. The Morgan fingerprint density at radius 1 is 1.67 bits per heavy atom. The topological polar surface area (TPSA) is 49.7 Å². The van der Waals surface area contributed by atoms with Crippen molar-refractivity contribution in [2.45, 2.75) is 6.92 Å². The van der Waals surface area contributed by atoms with E-state index in [1.54, 1.807) is 14.0 Å². The van der Waals surface area contributed by atoms with Crippen LogP contribution in [-0.4, -0.2) is 30.9 Å². The summed E-state index contributed by atoms with van der Waals surface area (Å²) in [5.74, 6) is 1.32. The summed E-state index contributed by atoms with van der Waals surface area (Å²) in [5, 5.41) is 16.7. The van der Waals surface area contributed by atoms with E-state index in [2.05, 4.69) is 0 Å². The van der Waals surface area contributed by atoms with E-state index >= 15 is 0 Å². The van der Waals surface area contributed by atoms with Crippen LogP contribution in [0.4, 0.5) is 0 Å². The first-order valence-electron chi connectivity index (χ1n) is 2.69. The quantitative estimate of drug-likeness (QED) is 0.510. The minimum absolute atomic E-state index is 0.442. The molecule has 0 saturated carbocycles. The van der Waals surface area contributed by atoms with E-state index in [-0.39, 0.29) is 0 Å². The van der Waals surface area contributed by atoms with Crippen LogP contribution in [0.2, 0.25) is 0 Å². The number of rotatable bonds is 3. The van der Waals surface area contributed by atoms with Crippen molar-refractivity contribution in [1.82, 2.24) is 0 Å². The summed E-state index contributed by atoms with van der Waals surface area (Å²) in [6.07, 6.45) is 0. The van der Waals surface area contributed by atoms with Crippen LogP contribution in [0, 0.1) is 0 Å². The van der Waals surface area contributed by atoms with Gasteiger partial charge in [0.1, 0.15) is 0 Å². The first kappa shape index (κ1) is 8.68. The zero-order valence-electron chi connectivity index (χ0n) is 5.66. The third kappa shape index (κ3) is 5.56. The Kier molecular flexibility index (Phi) is 4.39. The molecule has 0 unspecified atom stereocenters. The van der Waals surface area contributed by atoms with Crippen molar-refractivity contribution in [1.29, 1.82) is 0 Å². The average molecular weight is 130 g/mol. The minimum Gasteiger partial charge on any atom is -0.424 e. The maximum Gasteiger partial charge on any atom is 0.480 e. The maximum absolute atomic E-state index is 8.37. The second kappa shape index (κ2) is 4.55. The van der Waals surface area contributed by atoms with Gasteiger partial charge in [0.05, 0.1) is 6.61 Å². The van der Waals surface area contributed by atoms with Crippen LogP contribution in [-0.2, 0) is 4.74 Å². The van der Waals surface area contributed by atoms with Gasteiger partial charge in [-0.2, -0.15) is 0 Å². The minimum atomic E-state index is -1.36. The third-order valence-corrected chi connectivity index (χ3v) is 0.806.